The van der Waals surface area contributed by atoms with Crippen LogP contribution in [0.2, 0.25) is 5.54 Å². The lowest BCUT2D eigenvalue weighted by Crippen LogP contribution is -2.47. The Hall–Kier alpha value is 0.137. The zero-order valence-electron chi connectivity index (χ0n) is 10.7. The molecule has 0 heterocycles. The van der Waals surface area contributed by atoms with Gasteiger partial charge < -0.3 is 8.85 Å². The van der Waals surface area contributed by atoms with Crippen LogP contribution >= 0.6 is 0 Å². The van der Waals surface area contributed by atoms with Gasteiger partial charge in [0.2, 0.25) is 0 Å². The minimum absolute atomic E-state index is 0.711. The summed E-state index contributed by atoms with van der Waals surface area (Å²) in [7, 11) is 1.72. The van der Waals surface area contributed by atoms with Crippen LogP contribution in [0, 0.1) is 12.0 Å². The molecule has 2 nitrogen and oxygen atoms in total. The molecule has 0 aromatic carbocycles. The average Bonchev–Trinajstić information content (AvgIpc) is 2.99. The second-order valence-electron chi connectivity index (χ2n) is 5.32. The van der Waals surface area contributed by atoms with E-state index in [0.29, 0.717) is 5.54 Å². The Morgan fingerprint density at radius 3 is 1.88 bits per heavy atom. The van der Waals surface area contributed by atoms with Crippen molar-refractivity contribution in [3.8, 4) is 0 Å². The highest BCUT2D eigenvalue weighted by Crippen LogP contribution is 2.43. The van der Waals surface area contributed by atoms with Gasteiger partial charge in [0.25, 0.3) is 0 Å². The van der Waals surface area contributed by atoms with Crippen LogP contribution in [0.15, 0.2) is 0 Å². The summed E-state index contributed by atoms with van der Waals surface area (Å²) in [6.45, 7) is 0. The predicted octanol–water partition coefficient (Wildman–Crippen LogP) is 3.60. The Kier molecular flexibility index (Phi) is 4.45. The molecule has 3 heteroatoms. The molecule has 0 aromatic heterocycles. The number of hydrogen-bond donors (Lipinski definition) is 0. The molecule has 0 amide bonds. The summed E-state index contributed by atoms with van der Waals surface area (Å²) >= 11 is 0. The first-order chi connectivity index (χ1) is 7.80. The highest BCUT2D eigenvalue weighted by Gasteiger charge is 2.47. The molecule has 0 bridgehead atoms. The average molecular weight is 241 g/mol. The van der Waals surface area contributed by atoms with Crippen molar-refractivity contribution < 1.29 is 8.85 Å². The molecule has 16 heavy (non-hydrogen) atoms. The topological polar surface area (TPSA) is 18.5 Å². The van der Waals surface area contributed by atoms with Crippen LogP contribution < -0.4 is 0 Å². The van der Waals surface area contributed by atoms with Gasteiger partial charge in [-0.1, -0.05) is 38.5 Å². The summed E-state index contributed by atoms with van der Waals surface area (Å²) in [5.74, 6) is 0.771. The second-order valence-corrected chi connectivity index (χ2v) is 8.73. The van der Waals surface area contributed by atoms with Gasteiger partial charge in [0.15, 0.2) is 0 Å². The van der Waals surface area contributed by atoms with Crippen LogP contribution in [0.5, 0.6) is 0 Å². The molecular formula is C13H25O2Si. The van der Waals surface area contributed by atoms with Crippen molar-refractivity contribution >= 4 is 8.56 Å². The van der Waals surface area contributed by atoms with Crippen LogP contribution in [-0.4, -0.2) is 22.8 Å². The third-order valence-electron chi connectivity index (χ3n) is 4.43. The molecule has 2 aliphatic rings. The number of hydrogen-bond acceptors (Lipinski definition) is 2. The smallest absolute Gasteiger partial charge is 0.344 e. The first-order valence-corrected chi connectivity index (χ1v) is 8.74. The monoisotopic (exact) mass is 241 g/mol. The molecule has 2 aliphatic carbocycles. The lowest BCUT2D eigenvalue weighted by Gasteiger charge is -2.34. The fourth-order valence-corrected chi connectivity index (χ4v) is 7.05. The quantitative estimate of drug-likeness (QED) is 0.685. The normalized spacial score (nSPS) is 24.4. The van der Waals surface area contributed by atoms with E-state index in [2.05, 4.69) is 6.04 Å². The lowest BCUT2D eigenvalue weighted by molar-refractivity contribution is 0.232. The minimum Gasteiger partial charge on any atom is -0.397 e. The van der Waals surface area contributed by atoms with Gasteiger partial charge in [0.1, 0.15) is 0 Å². The first-order valence-electron chi connectivity index (χ1n) is 6.77. The van der Waals surface area contributed by atoms with E-state index in [1.54, 1.807) is 0 Å². The maximum absolute atomic E-state index is 5.89. The second kappa shape index (κ2) is 5.65. The molecule has 2 fully saturated rings. The molecule has 0 spiro atoms. The molecule has 0 unspecified atom stereocenters. The van der Waals surface area contributed by atoms with Gasteiger partial charge >= 0.3 is 8.56 Å². The standard InChI is InChI=1S/C13H25O2Si/c1-14-16(15-2,13-9-5-6-10-13)11-12-7-3-4-8-12/h11-13H,3-10H2,1-2H3. The van der Waals surface area contributed by atoms with Crippen molar-refractivity contribution in [2.45, 2.75) is 56.9 Å². The fourth-order valence-electron chi connectivity index (χ4n) is 3.47. The van der Waals surface area contributed by atoms with Crippen LogP contribution in [-0.2, 0) is 8.85 Å². The molecule has 0 aliphatic heterocycles. The maximum atomic E-state index is 5.89. The zero-order chi connectivity index (χ0) is 11.4. The van der Waals surface area contributed by atoms with E-state index in [-0.39, 0.29) is 0 Å². The molecule has 0 N–H and O–H groups in total. The number of rotatable bonds is 5. The molecule has 93 valence electrons. The molecule has 2 saturated carbocycles. The summed E-state index contributed by atoms with van der Waals surface area (Å²) in [6, 6.07) is 2.51. The van der Waals surface area contributed by atoms with Crippen molar-refractivity contribution in [2.75, 3.05) is 14.2 Å². The van der Waals surface area contributed by atoms with Crippen molar-refractivity contribution in [3.05, 3.63) is 6.04 Å². The van der Waals surface area contributed by atoms with Crippen molar-refractivity contribution in [1.82, 2.24) is 0 Å². The third-order valence-corrected chi connectivity index (χ3v) is 8.36. The van der Waals surface area contributed by atoms with E-state index < -0.39 is 8.56 Å². The SMILES string of the molecule is CO[Si]([CH]C1CCCC1)(OC)C1CCCC1. The Labute approximate surface area is 101 Å². The molecule has 0 aromatic rings. The van der Waals surface area contributed by atoms with Crippen molar-refractivity contribution in [3.63, 3.8) is 0 Å². The zero-order valence-corrected chi connectivity index (χ0v) is 11.7. The highest BCUT2D eigenvalue weighted by atomic mass is 28.4. The summed E-state index contributed by atoms with van der Waals surface area (Å²) in [5.41, 5.74) is 0.711. The maximum Gasteiger partial charge on any atom is 0.344 e. The van der Waals surface area contributed by atoms with Gasteiger partial charge in [-0.15, -0.1) is 0 Å². The Bertz CT molecular complexity index is 204. The van der Waals surface area contributed by atoms with Gasteiger partial charge in [-0.25, -0.2) is 0 Å². The summed E-state index contributed by atoms with van der Waals surface area (Å²) in [5, 5.41) is 0. The summed E-state index contributed by atoms with van der Waals surface area (Å²) < 4.78 is 11.8. The summed E-state index contributed by atoms with van der Waals surface area (Å²) in [4.78, 5) is 0. The largest absolute Gasteiger partial charge is 0.397 e. The Morgan fingerprint density at radius 1 is 0.875 bits per heavy atom. The molecule has 0 atom stereocenters. The fraction of sp³-hybridized carbons (Fsp3) is 0.923. The Balaban J connectivity index is 2.00. The van der Waals surface area contributed by atoms with E-state index in [1.807, 2.05) is 14.2 Å². The van der Waals surface area contributed by atoms with Crippen LogP contribution in [0.1, 0.15) is 51.4 Å². The van der Waals surface area contributed by atoms with E-state index >= 15 is 0 Å². The van der Waals surface area contributed by atoms with Gasteiger partial charge in [-0.3, -0.25) is 0 Å². The van der Waals surface area contributed by atoms with Gasteiger partial charge in [0.05, 0.1) is 0 Å². The molecule has 2 rings (SSSR count). The Morgan fingerprint density at radius 2 is 1.38 bits per heavy atom. The van der Waals surface area contributed by atoms with Gasteiger partial charge in [0, 0.05) is 25.8 Å². The highest BCUT2D eigenvalue weighted by molar-refractivity contribution is 6.72. The van der Waals surface area contributed by atoms with Crippen LogP contribution in [0.3, 0.4) is 0 Å². The lowest BCUT2D eigenvalue weighted by atomic mass is 10.1. The minimum atomic E-state index is -2.00. The van der Waals surface area contributed by atoms with E-state index in [9.17, 15) is 0 Å². The first kappa shape index (κ1) is 12.6. The van der Waals surface area contributed by atoms with E-state index in [4.69, 9.17) is 8.85 Å². The van der Waals surface area contributed by atoms with Crippen LogP contribution in [0.4, 0.5) is 0 Å². The van der Waals surface area contributed by atoms with Crippen molar-refractivity contribution in [1.29, 1.82) is 0 Å². The van der Waals surface area contributed by atoms with Gasteiger partial charge in [-0.05, 0) is 18.8 Å². The van der Waals surface area contributed by atoms with Crippen LogP contribution in [0.25, 0.3) is 0 Å². The molecular weight excluding hydrogens is 216 g/mol. The van der Waals surface area contributed by atoms with Gasteiger partial charge in [-0.2, -0.15) is 0 Å². The molecule has 0 saturated heterocycles. The van der Waals surface area contributed by atoms with E-state index in [0.717, 1.165) is 5.92 Å². The molecule has 1 radical (unpaired) electrons. The van der Waals surface area contributed by atoms with E-state index in [1.165, 1.54) is 51.4 Å². The summed E-state index contributed by atoms with van der Waals surface area (Å²) in [6.07, 6.45) is 10.9. The van der Waals surface area contributed by atoms with Crippen molar-refractivity contribution in [2.24, 2.45) is 5.92 Å². The third kappa shape index (κ3) is 2.52. The predicted molar refractivity (Wildman–Crippen MR) is 68.2 cm³/mol.